The molecule has 0 aliphatic heterocycles. The SMILES string of the molecule is COc1ccc2c(c1)c(CCN=[N+]=[N-])c(C)n2C(=O)c1ccc(Cl)cc1. The van der Waals surface area contributed by atoms with Gasteiger partial charge in [-0.3, -0.25) is 9.36 Å². The number of halogens is 1. The highest BCUT2D eigenvalue weighted by atomic mass is 35.5. The Bertz CT molecular complexity index is 1020. The number of aromatic nitrogens is 1. The van der Waals surface area contributed by atoms with Gasteiger partial charge in [0.25, 0.3) is 5.91 Å². The fraction of sp³-hybridized carbons (Fsp3) is 0.211. The van der Waals surface area contributed by atoms with Gasteiger partial charge >= 0.3 is 0 Å². The summed E-state index contributed by atoms with van der Waals surface area (Å²) >= 11 is 5.93. The van der Waals surface area contributed by atoms with Gasteiger partial charge in [-0.05, 0) is 66.9 Å². The lowest BCUT2D eigenvalue weighted by molar-refractivity contribution is 0.0963. The zero-order valence-electron chi connectivity index (χ0n) is 14.4. The Kier molecular flexibility index (Phi) is 5.16. The molecular weight excluding hydrogens is 352 g/mol. The van der Waals surface area contributed by atoms with Crippen LogP contribution in [0.25, 0.3) is 21.3 Å². The van der Waals surface area contributed by atoms with Crippen LogP contribution in [0.5, 0.6) is 5.75 Å². The van der Waals surface area contributed by atoms with E-state index in [4.69, 9.17) is 21.9 Å². The molecule has 0 fully saturated rings. The molecular formula is C19H17ClN4O2. The topological polar surface area (TPSA) is 80.0 Å². The largest absolute Gasteiger partial charge is 0.497 e. The Morgan fingerprint density at radius 2 is 2.00 bits per heavy atom. The molecule has 0 radical (unpaired) electrons. The van der Waals surface area contributed by atoms with E-state index in [1.54, 1.807) is 35.9 Å². The van der Waals surface area contributed by atoms with Crippen LogP contribution in [0.1, 0.15) is 21.6 Å². The fourth-order valence-corrected chi connectivity index (χ4v) is 3.22. The number of fused-ring (bicyclic) bond motifs is 1. The van der Waals surface area contributed by atoms with E-state index in [2.05, 4.69) is 10.0 Å². The number of benzene rings is 2. The second-order valence-electron chi connectivity index (χ2n) is 5.80. The number of hydrogen-bond donors (Lipinski definition) is 0. The molecule has 0 atom stereocenters. The summed E-state index contributed by atoms with van der Waals surface area (Å²) in [7, 11) is 1.60. The number of carbonyl (C=O) groups excluding carboxylic acids is 1. The molecule has 0 amide bonds. The number of rotatable bonds is 5. The first-order valence-corrected chi connectivity index (χ1v) is 8.43. The number of hydrogen-bond acceptors (Lipinski definition) is 3. The highest BCUT2D eigenvalue weighted by Gasteiger charge is 2.20. The maximum absolute atomic E-state index is 13.1. The summed E-state index contributed by atoms with van der Waals surface area (Å²) in [6.45, 7) is 2.22. The van der Waals surface area contributed by atoms with E-state index < -0.39 is 0 Å². The van der Waals surface area contributed by atoms with Crippen molar-refractivity contribution >= 4 is 28.4 Å². The van der Waals surface area contributed by atoms with Crippen LogP contribution in [-0.2, 0) is 6.42 Å². The third-order valence-corrected chi connectivity index (χ3v) is 4.61. The third-order valence-electron chi connectivity index (χ3n) is 4.36. The lowest BCUT2D eigenvalue weighted by Crippen LogP contribution is -2.13. The second-order valence-corrected chi connectivity index (χ2v) is 6.24. The van der Waals surface area contributed by atoms with E-state index in [9.17, 15) is 4.79 Å². The smallest absolute Gasteiger partial charge is 0.262 e. The van der Waals surface area contributed by atoms with Crippen LogP contribution in [0, 0.1) is 6.92 Å². The van der Waals surface area contributed by atoms with E-state index in [0.29, 0.717) is 29.3 Å². The highest BCUT2D eigenvalue weighted by molar-refractivity contribution is 6.30. The second kappa shape index (κ2) is 7.52. The predicted molar refractivity (Wildman–Crippen MR) is 102 cm³/mol. The first kappa shape index (κ1) is 17.9. The van der Waals surface area contributed by atoms with Crippen molar-refractivity contribution in [1.29, 1.82) is 0 Å². The summed E-state index contributed by atoms with van der Waals surface area (Å²) in [6, 6.07) is 12.4. The molecule has 7 heteroatoms. The minimum atomic E-state index is -0.135. The Balaban J connectivity index is 2.17. The highest BCUT2D eigenvalue weighted by Crippen LogP contribution is 2.30. The molecule has 0 spiro atoms. The quantitative estimate of drug-likeness (QED) is 0.354. The van der Waals surface area contributed by atoms with Crippen molar-refractivity contribution in [1.82, 2.24) is 4.57 Å². The molecule has 6 nitrogen and oxygen atoms in total. The van der Waals surface area contributed by atoms with Crippen LogP contribution in [-0.4, -0.2) is 24.1 Å². The molecule has 0 N–H and O–H groups in total. The molecule has 3 aromatic rings. The molecule has 26 heavy (non-hydrogen) atoms. The van der Waals surface area contributed by atoms with Crippen molar-refractivity contribution in [3.05, 3.63) is 74.8 Å². The Labute approximate surface area is 155 Å². The predicted octanol–water partition coefficient (Wildman–Crippen LogP) is 5.15. The lowest BCUT2D eigenvalue weighted by atomic mass is 10.1. The third kappa shape index (κ3) is 3.25. The van der Waals surface area contributed by atoms with Gasteiger partial charge in [0.1, 0.15) is 5.75 Å². The van der Waals surface area contributed by atoms with Gasteiger partial charge in [-0.1, -0.05) is 16.7 Å². The summed E-state index contributed by atoms with van der Waals surface area (Å²) in [4.78, 5) is 15.9. The van der Waals surface area contributed by atoms with Crippen molar-refractivity contribution in [2.45, 2.75) is 13.3 Å². The normalized spacial score (nSPS) is 10.6. The van der Waals surface area contributed by atoms with Crippen LogP contribution in [0.3, 0.4) is 0 Å². The molecule has 0 saturated heterocycles. The molecule has 0 unspecified atom stereocenters. The van der Waals surface area contributed by atoms with Crippen molar-refractivity contribution in [3.8, 4) is 5.75 Å². The summed E-state index contributed by atoms with van der Waals surface area (Å²) in [6.07, 6.45) is 0.542. The lowest BCUT2D eigenvalue weighted by Gasteiger charge is -2.08. The van der Waals surface area contributed by atoms with Crippen LogP contribution >= 0.6 is 11.6 Å². The number of ether oxygens (including phenoxy) is 1. The molecule has 0 saturated carbocycles. The number of carbonyl (C=O) groups is 1. The molecule has 0 bridgehead atoms. The van der Waals surface area contributed by atoms with E-state index in [1.807, 2.05) is 25.1 Å². The van der Waals surface area contributed by atoms with Gasteiger partial charge in [0.2, 0.25) is 0 Å². The first-order valence-electron chi connectivity index (χ1n) is 8.06. The molecule has 1 aromatic heterocycles. The zero-order chi connectivity index (χ0) is 18.7. The molecule has 132 valence electrons. The zero-order valence-corrected chi connectivity index (χ0v) is 15.2. The minimum Gasteiger partial charge on any atom is -0.497 e. The summed E-state index contributed by atoms with van der Waals surface area (Å²) in [5, 5.41) is 5.11. The minimum absolute atomic E-state index is 0.135. The summed E-state index contributed by atoms with van der Waals surface area (Å²) < 4.78 is 7.00. The standard InChI is InChI=1S/C19H17ClN4O2/c1-12-16(9-10-22-23-21)17-11-15(26-2)7-8-18(17)24(12)19(25)13-3-5-14(20)6-4-13/h3-8,11H,9-10H2,1-2H3. The van der Waals surface area contributed by atoms with Crippen LogP contribution in [0.2, 0.25) is 5.02 Å². The number of nitrogens with zero attached hydrogens (tertiary/aromatic N) is 4. The summed E-state index contributed by atoms with van der Waals surface area (Å²) in [5.74, 6) is 0.572. The Morgan fingerprint density at radius 1 is 1.27 bits per heavy atom. The van der Waals surface area contributed by atoms with Crippen LogP contribution in [0.4, 0.5) is 0 Å². The molecule has 0 aliphatic carbocycles. The first-order chi connectivity index (χ1) is 12.6. The molecule has 2 aromatic carbocycles. The maximum Gasteiger partial charge on any atom is 0.262 e. The number of methoxy groups -OCH3 is 1. The van der Waals surface area contributed by atoms with Crippen molar-refractivity contribution in [2.75, 3.05) is 13.7 Å². The van der Waals surface area contributed by atoms with Gasteiger partial charge in [-0.2, -0.15) is 0 Å². The van der Waals surface area contributed by atoms with Gasteiger partial charge in [0, 0.05) is 33.1 Å². The Hall–Kier alpha value is -2.95. The van der Waals surface area contributed by atoms with E-state index in [0.717, 1.165) is 22.2 Å². The molecule has 0 aliphatic rings. The summed E-state index contributed by atoms with van der Waals surface area (Å²) in [5.41, 5.74) is 11.7. The van der Waals surface area contributed by atoms with Crippen molar-refractivity contribution in [2.24, 2.45) is 5.11 Å². The average Bonchev–Trinajstić information content (AvgIpc) is 2.93. The van der Waals surface area contributed by atoms with E-state index in [1.165, 1.54) is 0 Å². The van der Waals surface area contributed by atoms with Crippen LogP contribution in [0.15, 0.2) is 47.6 Å². The Morgan fingerprint density at radius 3 is 2.65 bits per heavy atom. The monoisotopic (exact) mass is 368 g/mol. The average molecular weight is 369 g/mol. The van der Waals surface area contributed by atoms with Crippen molar-refractivity contribution < 1.29 is 9.53 Å². The molecule has 1 heterocycles. The van der Waals surface area contributed by atoms with Crippen LogP contribution < -0.4 is 4.74 Å². The van der Waals surface area contributed by atoms with Crippen molar-refractivity contribution in [3.63, 3.8) is 0 Å². The van der Waals surface area contributed by atoms with E-state index in [-0.39, 0.29) is 5.91 Å². The van der Waals surface area contributed by atoms with E-state index >= 15 is 0 Å². The fourth-order valence-electron chi connectivity index (χ4n) is 3.09. The maximum atomic E-state index is 13.1. The van der Waals surface area contributed by atoms with Gasteiger partial charge in [0.05, 0.1) is 12.6 Å². The molecule has 3 rings (SSSR count). The van der Waals surface area contributed by atoms with Gasteiger partial charge in [-0.15, -0.1) is 0 Å². The van der Waals surface area contributed by atoms with Gasteiger partial charge < -0.3 is 4.74 Å². The number of azide groups is 1. The van der Waals surface area contributed by atoms with Gasteiger partial charge in [-0.25, -0.2) is 0 Å². The van der Waals surface area contributed by atoms with Gasteiger partial charge in [0.15, 0.2) is 0 Å².